The van der Waals surface area contributed by atoms with E-state index in [-0.39, 0.29) is 22.9 Å². The Bertz CT molecular complexity index is 519. The standard InChI is InChI=1S/C16H22FNOS/c1-15(2)8-16(10-20-9-15)7-13(18-3)12-5-4-11(17)6-14(12)19-16/h4-6,13,18H,7-10H2,1-3H3. The number of thioether (sulfide) groups is 1. The van der Waals surface area contributed by atoms with Gasteiger partial charge in [-0.2, -0.15) is 11.8 Å². The van der Waals surface area contributed by atoms with E-state index >= 15 is 0 Å². The van der Waals surface area contributed by atoms with Gasteiger partial charge in [0.2, 0.25) is 0 Å². The number of halogens is 1. The number of hydrogen-bond acceptors (Lipinski definition) is 3. The van der Waals surface area contributed by atoms with Crippen molar-refractivity contribution in [3.63, 3.8) is 0 Å². The van der Waals surface area contributed by atoms with Gasteiger partial charge in [0.15, 0.2) is 0 Å². The minimum absolute atomic E-state index is 0.166. The molecule has 1 aromatic carbocycles. The molecule has 2 heterocycles. The summed E-state index contributed by atoms with van der Waals surface area (Å²) in [6, 6.07) is 5.14. The van der Waals surface area contributed by atoms with Gasteiger partial charge in [-0.25, -0.2) is 4.39 Å². The Morgan fingerprint density at radius 1 is 1.35 bits per heavy atom. The third-order valence-corrected chi connectivity index (χ3v) is 5.98. The Balaban J connectivity index is 1.97. The van der Waals surface area contributed by atoms with E-state index < -0.39 is 0 Å². The maximum atomic E-state index is 13.5. The van der Waals surface area contributed by atoms with Crippen molar-refractivity contribution in [1.82, 2.24) is 5.32 Å². The van der Waals surface area contributed by atoms with Crippen molar-refractivity contribution in [2.45, 2.75) is 38.3 Å². The average Bonchev–Trinajstić information content (AvgIpc) is 2.35. The van der Waals surface area contributed by atoms with Crippen molar-refractivity contribution in [3.8, 4) is 5.75 Å². The van der Waals surface area contributed by atoms with Gasteiger partial charge in [0.05, 0.1) is 0 Å². The molecule has 110 valence electrons. The first-order valence-electron chi connectivity index (χ1n) is 7.17. The quantitative estimate of drug-likeness (QED) is 0.852. The SMILES string of the molecule is CNC1CC2(CSCC(C)(C)C2)Oc2cc(F)ccc21. The van der Waals surface area contributed by atoms with E-state index in [0.29, 0.717) is 5.75 Å². The summed E-state index contributed by atoms with van der Waals surface area (Å²) >= 11 is 1.95. The number of hydrogen-bond donors (Lipinski definition) is 1. The van der Waals surface area contributed by atoms with Crippen LogP contribution in [0, 0.1) is 11.2 Å². The lowest BCUT2D eigenvalue weighted by atomic mass is 9.76. The summed E-state index contributed by atoms with van der Waals surface area (Å²) in [4.78, 5) is 0. The molecule has 2 unspecified atom stereocenters. The molecule has 0 aromatic heterocycles. The van der Waals surface area contributed by atoms with Crippen LogP contribution in [0.25, 0.3) is 0 Å². The second kappa shape index (κ2) is 4.92. The lowest BCUT2D eigenvalue weighted by molar-refractivity contribution is 0.0126. The van der Waals surface area contributed by atoms with Crippen LogP contribution in [0.3, 0.4) is 0 Å². The molecule has 3 rings (SSSR count). The first kappa shape index (κ1) is 14.2. The molecule has 1 spiro atoms. The van der Waals surface area contributed by atoms with Gasteiger partial charge >= 0.3 is 0 Å². The highest BCUT2D eigenvalue weighted by atomic mass is 32.2. The first-order valence-corrected chi connectivity index (χ1v) is 8.32. The summed E-state index contributed by atoms with van der Waals surface area (Å²) < 4.78 is 19.8. The number of ether oxygens (including phenoxy) is 1. The zero-order valence-corrected chi connectivity index (χ0v) is 13.1. The third-order valence-electron chi connectivity index (χ3n) is 4.26. The number of benzene rings is 1. The van der Waals surface area contributed by atoms with E-state index in [2.05, 4.69) is 19.2 Å². The summed E-state index contributed by atoms with van der Waals surface area (Å²) in [5, 5.41) is 3.37. The summed E-state index contributed by atoms with van der Waals surface area (Å²) in [6.45, 7) is 4.58. The zero-order chi connectivity index (χ0) is 14.4. The third kappa shape index (κ3) is 2.56. The van der Waals surface area contributed by atoms with Crippen LogP contribution in [0.5, 0.6) is 5.75 Å². The maximum absolute atomic E-state index is 13.5. The Kier molecular flexibility index (Phi) is 3.49. The van der Waals surface area contributed by atoms with Gasteiger partial charge in [-0.3, -0.25) is 0 Å². The fourth-order valence-electron chi connectivity index (χ4n) is 3.58. The second-order valence-electron chi connectivity index (χ2n) is 6.85. The van der Waals surface area contributed by atoms with Crippen LogP contribution in [0.2, 0.25) is 0 Å². The van der Waals surface area contributed by atoms with E-state index in [0.717, 1.165) is 24.2 Å². The highest BCUT2D eigenvalue weighted by Crippen LogP contribution is 2.49. The summed E-state index contributed by atoms with van der Waals surface area (Å²) in [7, 11) is 1.97. The summed E-state index contributed by atoms with van der Waals surface area (Å²) in [6.07, 6.45) is 1.99. The van der Waals surface area contributed by atoms with Crippen LogP contribution >= 0.6 is 11.8 Å². The normalized spacial score (nSPS) is 31.7. The molecule has 2 aliphatic heterocycles. The van der Waals surface area contributed by atoms with Crippen LogP contribution < -0.4 is 10.1 Å². The molecule has 1 saturated heterocycles. The van der Waals surface area contributed by atoms with Crippen molar-refractivity contribution in [1.29, 1.82) is 0 Å². The van der Waals surface area contributed by atoms with Crippen molar-refractivity contribution in [2.24, 2.45) is 5.41 Å². The monoisotopic (exact) mass is 295 g/mol. The molecule has 1 N–H and O–H groups in total. The van der Waals surface area contributed by atoms with Gasteiger partial charge < -0.3 is 10.1 Å². The molecular formula is C16H22FNOS. The minimum atomic E-state index is -0.224. The molecule has 2 nitrogen and oxygen atoms in total. The molecule has 0 saturated carbocycles. The van der Waals surface area contributed by atoms with Crippen molar-refractivity contribution >= 4 is 11.8 Å². The van der Waals surface area contributed by atoms with Crippen LogP contribution in [0.15, 0.2) is 18.2 Å². The van der Waals surface area contributed by atoms with Gasteiger partial charge in [0.1, 0.15) is 17.2 Å². The predicted octanol–water partition coefficient (Wildman–Crippen LogP) is 3.77. The lowest BCUT2D eigenvalue weighted by Gasteiger charge is -2.48. The van der Waals surface area contributed by atoms with Crippen LogP contribution in [-0.4, -0.2) is 24.2 Å². The number of fused-ring (bicyclic) bond motifs is 1. The van der Waals surface area contributed by atoms with E-state index in [1.807, 2.05) is 24.9 Å². The van der Waals surface area contributed by atoms with Crippen LogP contribution in [0.1, 0.15) is 38.3 Å². The zero-order valence-electron chi connectivity index (χ0n) is 12.3. The Morgan fingerprint density at radius 3 is 2.85 bits per heavy atom. The summed E-state index contributed by atoms with van der Waals surface area (Å²) in [5.41, 5.74) is 1.18. The molecule has 2 atom stereocenters. The fourth-order valence-corrected chi connectivity index (χ4v) is 4.99. The fraction of sp³-hybridized carbons (Fsp3) is 0.625. The highest BCUT2D eigenvalue weighted by Gasteiger charge is 2.46. The van der Waals surface area contributed by atoms with Gasteiger partial charge in [0.25, 0.3) is 0 Å². The highest BCUT2D eigenvalue weighted by molar-refractivity contribution is 7.99. The molecular weight excluding hydrogens is 273 g/mol. The van der Waals surface area contributed by atoms with E-state index in [9.17, 15) is 4.39 Å². The Labute approximate surface area is 124 Å². The summed E-state index contributed by atoms with van der Waals surface area (Å²) in [5.74, 6) is 2.65. The van der Waals surface area contributed by atoms with Crippen LogP contribution in [-0.2, 0) is 0 Å². The molecule has 0 radical (unpaired) electrons. The molecule has 4 heteroatoms. The predicted molar refractivity (Wildman–Crippen MR) is 81.9 cm³/mol. The number of nitrogens with one attached hydrogen (secondary N) is 1. The molecule has 0 aliphatic carbocycles. The van der Waals surface area contributed by atoms with Gasteiger partial charge in [-0.05, 0) is 30.7 Å². The van der Waals surface area contributed by atoms with Crippen molar-refractivity contribution in [3.05, 3.63) is 29.6 Å². The second-order valence-corrected chi connectivity index (χ2v) is 7.83. The Morgan fingerprint density at radius 2 is 2.15 bits per heavy atom. The molecule has 0 amide bonds. The van der Waals surface area contributed by atoms with Crippen LogP contribution in [0.4, 0.5) is 4.39 Å². The minimum Gasteiger partial charge on any atom is -0.486 e. The molecule has 0 bridgehead atoms. The maximum Gasteiger partial charge on any atom is 0.127 e. The Hall–Kier alpha value is -0.740. The van der Waals surface area contributed by atoms with Crippen molar-refractivity contribution < 1.29 is 9.13 Å². The van der Waals surface area contributed by atoms with Crippen molar-refractivity contribution in [2.75, 3.05) is 18.6 Å². The van der Waals surface area contributed by atoms with E-state index in [1.165, 1.54) is 17.9 Å². The molecule has 20 heavy (non-hydrogen) atoms. The molecule has 1 fully saturated rings. The van der Waals surface area contributed by atoms with E-state index in [4.69, 9.17) is 4.74 Å². The van der Waals surface area contributed by atoms with Gasteiger partial charge in [-0.15, -0.1) is 0 Å². The molecule has 2 aliphatic rings. The van der Waals surface area contributed by atoms with E-state index in [1.54, 1.807) is 0 Å². The van der Waals surface area contributed by atoms with Gasteiger partial charge in [0, 0.05) is 29.8 Å². The largest absolute Gasteiger partial charge is 0.486 e. The van der Waals surface area contributed by atoms with Gasteiger partial charge in [-0.1, -0.05) is 19.9 Å². The average molecular weight is 295 g/mol. The topological polar surface area (TPSA) is 21.3 Å². The first-order chi connectivity index (χ1) is 9.43. The lowest BCUT2D eigenvalue weighted by Crippen LogP contribution is -2.51. The smallest absolute Gasteiger partial charge is 0.127 e. The molecule has 1 aromatic rings. The number of rotatable bonds is 1.